The molecule has 108 valence electrons. The van der Waals surface area contributed by atoms with Crippen LogP contribution < -0.4 is 10.1 Å². The summed E-state index contributed by atoms with van der Waals surface area (Å²) < 4.78 is 7.25. The van der Waals surface area contributed by atoms with Crippen molar-refractivity contribution in [2.24, 2.45) is 7.05 Å². The highest BCUT2D eigenvalue weighted by molar-refractivity contribution is 5.78. The number of nitrogens with one attached hydrogen (secondary N) is 1. The molecule has 0 aliphatic rings. The minimum atomic E-state index is 0.851. The van der Waals surface area contributed by atoms with Crippen molar-refractivity contribution in [1.29, 1.82) is 0 Å². The predicted octanol–water partition coefficient (Wildman–Crippen LogP) is 3.24. The molecular weight excluding hydrogens is 262 g/mol. The summed E-state index contributed by atoms with van der Waals surface area (Å²) in [7, 11) is 3.72. The molecule has 0 atom stereocenters. The van der Waals surface area contributed by atoms with Gasteiger partial charge in [-0.2, -0.15) is 0 Å². The lowest BCUT2D eigenvalue weighted by molar-refractivity contribution is 0.414. The maximum atomic E-state index is 5.16. The standard InChI is InChI=1S/C17H19N3O/c1-20-16-6-4-3-5-15(16)19-17(20)18-12-11-13-7-9-14(21-2)10-8-13/h3-10H,11-12H2,1-2H3,(H,18,19). The molecule has 4 heteroatoms. The van der Waals surface area contributed by atoms with Crippen molar-refractivity contribution >= 4 is 17.0 Å². The van der Waals surface area contributed by atoms with Crippen molar-refractivity contribution in [3.05, 3.63) is 54.1 Å². The Labute approximate surface area is 124 Å². The average Bonchev–Trinajstić information content (AvgIpc) is 2.85. The zero-order valence-corrected chi connectivity index (χ0v) is 12.3. The first-order chi connectivity index (χ1) is 10.3. The number of ether oxygens (including phenoxy) is 1. The molecule has 0 saturated carbocycles. The third-order valence-corrected chi connectivity index (χ3v) is 3.64. The van der Waals surface area contributed by atoms with E-state index in [0.29, 0.717) is 0 Å². The normalized spacial score (nSPS) is 10.8. The van der Waals surface area contributed by atoms with Crippen LogP contribution in [0, 0.1) is 0 Å². The number of para-hydroxylation sites is 2. The smallest absolute Gasteiger partial charge is 0.203 e. The van der Waals surface area contributed by atoms with Crippen LogP contribution in [0.15, 0.2) is 48.5 Å². The van der Waals surface area contributed by atoms with Crippen LogP contribution in [0.3, 0.4) is 0 Å². The van der Waals surface area contributed by atoms with Crippen LogP contribution in [-0.4, -0.2) is 23.2 Å². The lowest BCUT2D eigenvalue weighted by Gasteiger charge is -2.07. The van der Waals surface area contributed by atoms with E-state index in [0.717, 1.165) is 35.7 Å². The van der Waals surface area contributed by atoms with Crippen molar-refractivity contribution in [3.8, 4) is 5.75 Å². The highest BCUT2D eigenvalue weighted by atomic mass is 16.5. The van der Waals surface area contributed by atoms with E-state index >= 15 is 0 Å². The summed E-state index contributed by atoms with van der Waals surface area (Å²) in [5.74, 6) is 1.80. The zero-order valence-electron chi connectivity index (χ0n) is 12.3. The molecule has 0 spiro atoms. The number of hydrogen-bond acceptors (Lipinski definition) is 3. The van der Waals surface area contributed by atoms with Gasteiger partial charge in [0.2, 0.25) is 5.95 Å². The first kappa shape index (κ1) is 13.5. The van der Waals surface area contributed by atoms with Gasteiger partial charge < -0.3 is 14.6 Å². The van der Waals surface area contributed by atoms with E-state index in [9.17, 15) is 0 Å². The fraction of sp³-hybridized carbons (Fsp3) is 0.235. The van der Waals surface area contributed by atoms with Crippen molar-refractivity contribution in [2.45, 2.75) is 6.42 Å². The first-order valence-electron chi connectivity index (χ1n) is 7.06. The molecule has 3 rings (SSSR count). The van der Waals surface area contributed by atoms with Crippen LogP contribution in [-0.2, 0) is 13.5 Å². The Morgan fingerprint density at radius 1 is 1.10 bits per heavy atom. The van der Waals surface area contributed by atoms with Crippen molar-refractivity contribution < 1.29 is 4.74 Å². The lowest BCUT2D eigenvalue weighted by atomic mass is 10.1. The summed E-state index contributed by atoms with van der Waals surface area (Å²) >= 11 is 0. The summed E-state index contributed by atoms with van der Waals surface area (Å²) in [6.45, 7) is 0.851. The second-order valence-corrected chi connectivity index (χ2v) is 5.01. The highest BCUT2D eigenvalue weighted by Gasteiger charge is 2.05. The van der Waals surface area contributed by atoms with Crippen LogP contribution in [0.5, 0.6) is 5.75 Å². The predicted molar refractivity (Wildman–Crippen MR) is 85.9 cm³/mol. The van der Waals surface area contributed by atoms with E-state index in [1.165, 1.54) is 5.56 Å². The van der Waals surface area contributed by atoms with Gasteiger partial charge in [-0.05, 0) is 36.2 Å². The van der Waals surface area contributed by atoms with Gasteiger partial charge in [-0.15, -0.1) is 0 Å². The second-order valence-electron chi connectivity index (χ2n) is 5.01. The quantitative estimate of drug-likeness (QED) is 0.780. The van der Waals surface area contributed by atoms with Crippen molar-refractivity contribution in [1.82, 2.24) is 9.55 Å². The van der Waals surface area contributed by atoms with Gasteiger partial charge in [-0.1, -0.05) is 24.3 Å². The van der Waals surface area contributed by atoms with Gasteiger partial charge in [0, 0.05) is 13.6 Å². The van der Waals surface area contributed by atoms with Crippen LogP contribution in [0.25, 0.3) is 11.0 Å². The molecule has 1 N–H and O–H groups in total. The minimum absolute atomic E-state index is 0.851. The summed E-state index contributed by atoms with van der Waals surface area (Å²) in [5.41, 5.74) is 3.44. The molecule has 0 unspecified atom stereocenters. The van der Waals surface area contributed by atoms with E-state index in [-0.39, 0.29) is 0 Å². The molecule has 0 fully saturated rings. The molecule has 1 aromatic heterocycles. The number of methoxy groups -OCH3 is 1. The fourth-order valence-corrected chi connectivity index (χ4v) is 2.41. The van der Waals surface area contributed by atoms with Gasteiger partial charge in [0.1, 0.15) is 5.75 Å². The van der Waals surface area contributed by atoms with Gasteiger partial charge in [0.25, 0.3) is 0 Å². The summed E-state index contributed by atoms with van der Waals surface area (Å²) in [4.78, 5) is 4.60. The molecule has 4 nitrogen and oxygen atoms in total. The van der Waals surface area contributed by atoms with E-state index < -0.39 is 0 Å². The number of fused-ring (bicyclic) bond motifs is 1. The Morgan fingerprint density at radius 3 is 2.57 bits per heavy atom. The summed E-state index contributed by atoms with van der Waals surface area (Å²) in [6, 6.07) is 16.3. The number of aromatic nitrogens is 2. The molecule has 2 aromatic carbocycles. The molecule has 0 aliphatic carbocycles. The number of imidazole rings is 1. The number of hydrogen-bond donors (Lipinski definition) is 1. The molecule has 0 radical (unpaired) electrons. The largest absolute Gasteiger partial charge is 0.497 e. The SMILES string of the molecule is COc1ccc(CCNc2nc3ccccc3n2C)cc1. The Balaban J connectivity index is 1.64. The Hall–Kier alpha value is -2.49. The van der Waals surface area contributed by atoms with E-state index in [2.05, 4.69) is 33.1 Å². The van der Waals surface area contributed by atoms with Crippen LogP contribution in [0.2, 0.25) is 0 Å². The molecule has 1 heterocycles. The minimum Gasteiger partial charge on any atom is -0.497 e. The van der Waals surface area contributed by atoms with Gasteiger partial charge in [0.15, 0.2) is 0 Å². The van der Waals surface area contributed by atoms with Gasteiger partial charge >= 0.3 is 0 Å². The van der Waals surface area contributed by atoms with Gasteiger partial charge in [-0.25, -0.2) is 4.98 Å². The topological polar surface area (TPSA) is 39.1 Å². The highest BCUT2D eigenvalue weighted by Crippen LogP contribution is 2.17. The van der Waals surface area contributed by atoms with Gasteiger partial charge in [-0.3, -0.25) is 0 Å². The number of benzene rings is 2. The van der Waals surface area contributed by atoms with Crippen LogP contribution >= 0.6 is 0 Å². The lowest BCUT2D eigenvalue weighted by Crippen LogP contribution is -2.09. The molecule has 3 aromatic rings. The fourth-order valence-electron chi connectivity index (χ4n) is 2.41. The van der Waals surface area contributed by atoms with E-state index in [4.69, 9.17) is 4.74 Å². The Bertz CT molecular complexity index is 731. The number of anilines is 1. The average molecular weight is 281 g/mol. The molecular formula is C17H19N3O. The Kier molecular flexibility index (Phi) is 3.77. The van der Waals surface area contributed by atoms with Crippen LogP contribution in [0.1, 0.15) is 5.56 Å². The number of aryl methyl sites for hydroxylation is 1. The zero-order chi connectivity index (χ0) is 14.7. The number of nitrogens with zero attached hydrogens (tertiary/aromatic N) is 2. The molecule has 0 amide bonds. The second kappa shape index (κ2) is 5.87. The van der Waals surface area contributed by atoms with Crippen molar-refractivity contribution in [2.75, 3.05) is 19.0 Å². The van der Waals surface area contributed by atoms with E-state index in [1.54, 1.807) is 7.11 Å². The van der Waals surface area contributed by atoms with Crippen LogP contribution in [0.4, 0.5) is 5.95 Å². The summed E-state index contributed by atoms with van der Waals surface area (Å²) in [5, 5.41) is 3.40. The monoisotopic (exact) mass is 281 g/mol. The third kappa shape index (κ3) is 2.84. The third-order valence-electron chi connectivity index (χ3n) is 3.64. The molecule has 0 aliphatic heterocycles. The first-order valence-corrected chi connectivity index (χ1v) is 7.06. The number of rotatable bonds is 5. The van der Waals surface area contributed by atoms with E-state index in [1.807, 2.05) is 37.4 Å². The summed E-state index contributed by atoms with van der Waals surface area (Å²) in [6.07, 6.45) is 0.952. The Morgan fingerprint density at radius 2 is 1.86 bits per heavy atom. The molecule has 0 saturated heterocycles. The molecule has 0 bridgehead atoms. The maximum Gasteiger partial charge on any atom is 0.203 e. The molecule has 21 heavy (non-hydrogen) atoms. The van der Waals surface area contributed by atoms with Crippen molar-refractivity contribution in [3.63, 3.8) is 0 Å². The maximum absolute atomic E-state index is 5.16. The van der Waals surface area contributed by atoms with Gasteiger partial charge in [0.05, 0.1) is 18.1 Å².